The summed E-state index contributed by atoms with van der Waals surface area (Å²) in [7, 11) is 1.68. The van der Waals surface area contributed by atoms with Crippen molar-refractivity contribution in [1.29, 1.82) is 0 Å². The number of ether oxygens (including phenoxy) is 2. The lowest BCUT2D eigenvalue weighted by Crippen LogP contribution is -2.38. The van der Waals surface area contributed by atoms with Crippen LogP contribution in [-0.2, 0) is 6.42 Å². The molecule has 8 heteroatoms. The van der Waals surface area contributed by atoms with E-state index in [2.05, 4.69) is 72.9 Å². The molecule has 2 N–H and O–H groups in total. The van der Waals surface area contributed by atoms with Gasteiger partial charge in [-0.1, -0.05) is 30.3 Å². The average Bonchev–Trinajstić information content (AvgIpc) is 3.06. The van der Waals surface area contributed by atoms with E-state index in [1.54, 1.807) is 13.4 Å². The van der Waals surface area contributed by atoms with Crippen molar-refractivity contribution in [3.8, 4) is 11.5 Å². The second kappa shape index (κ2) is 14.2. The third-order valence-corrected chi connectivity index (χ3v) is 8.27. The highest BCUT2D eigenvalue weighted by atomic mass is 16.5. The minimum Gasteiger partial charge on any atom is -0.497 e. The van der Waals surface area contributed by atoms with Crippen molar-refractivity contribution in [3.63, 3.8) is 0 Å². The second-order valence-corrected chi connectivity index (χ2v) is 11.2. The van der Waals surface area contributed by atoms with Crippen LogP contribution >= 0.6 is 0 Å². The first-order valence-electron chi connectivity index (χ1n) is 15.3. The van der Waals surface area contributed by atoms with Crippen LogP contribution in [0.2, 0.25) is 0 Å². The molecule has 3 aromatic carbocycles. The van der Waals surface area contributed by atoms with Crippen LogP contribution < -0.4 is 20.1 Å². The second-order valence-electron chi connectivity index (χ2n) is 11.2. The fraction of sp³-hybridized carbons (Fsp3) is 0.343. The molecule has 222 valence electrons. The van der Waals surface area contributed by atoms with Crippen LogP contribution in [0.5, 0.6) is 11.5 Å². The summed E-state index contributed by atoms with van der Waals surface area (Å²) in [5.41, 5.74) is 4.32. The van der Waals surface area contributed by atoms with Gasteiger partial charge in [0, 0.05) is 54.4 Å². The standard InChI is InChI=1S/C35H40N6O2/c1-42-28-9-11-30-32(13-17-36-33(30)22-28)37-18-21-41-19-14-27(15-20-41)24-43-29-10-12-31-34(23-29)39-25-40-35(31)38-16-5-8-26-6-3-2-4-7-26/h2-4,6-7,9-13,17,22-23,25,27H,5,8,14-16,18-21,24H2,1H3,(H,36,37)(H,38,39,40). The highest BCUT2D eigenvalue weighted by Crippen LogP contribution is 2.27. The number of fused-ring (bicyclic) bond motifs is 2. The van der Waals surface area contributed by atoms with Gasteiger partial charge in [-0.25, -0.2) is 9.97 Å². The normalized spacial score (nSPS) is 14.2. The van der Waals surface area contributed by atoms with E-state index in [1.807, 2.05) is 36.5 Å². The minimum atomic E-state index is 0.561. The molecule has 0 unspecified atom stereocenters. The summed E-state index contributed by atoms with van der Waals surface area (Å²) in [6.07, 6.45) is 7.86. The summed E-state index contributed by atoms with van der Waals surface area (Å²) in [5.74, 6) is 3.14. The van der Waals surface area contributed by atoms with Gasteiger partial charge in [-0.2, -0.15) is 0 Å². The van der Waals surface area contributed by atoms with E-state index >= 15 is 0 Å². The summed E-state index contributed by atoms with van der Waals surface area (Å²) in [6, 6.07) is 24.8. The molecule has 5 aromatic rings. The van der Waals surface area contributed by atoms with Crippen LogP contribution in [0.25, 0.3) is 21.8 Å². The fourth-order valence-electron chi connectivity index (χ4n) is 5.76. The van der Waals surface area contributed by atoms with Crippen LogP contribution in [0.3, 0.4) is 0 Å². The number of hydrogen-bond donors (Lipinski definition) is 2. The van der Waals surface area contributed by atoms with Gasteiger partial charge in [-0.15, -0.1) is 0 Å². The number of nitrogens with zero attached hydrogens (tertiary/aromatic N) is 4. The molecule has 0 radical (unpaired) electrons. The number of nitrogens with one attached hydrogen (secondary N) is 2. The Kier molecular flexibility index (Phi) is 9.44. The van der Waals surface area contributed by atoms with E-state index in [1.165, 1.54) is 5.56 Å². The molecular weight excluding hydrogens is 536 g/mol. The molecule has 0 bridgehead atoms. The van der Waals surface area contributed by atoms with Gasteiger partial charge in [0.15, 0.2) is 0 Å². The van der Waals surface area contributed by atoms with E-state index in [-0.39, 0.29) is 0 Å². The van der Waals surface area contributed by atoms with Crippen LogP contribution in [0, 0.1) is 5.92 Å². The number of hydrogen-bond acceptors (Lipinski definition) is 8. The zero-order chi connectivity index (χ0) is 29.3. The number of aryl methyl sites for hydroxylation is 1. The third kappa shape index (κ3) is 7.51. The monoisotopic (exact) mass is 576 g/mol. The first kappa shape index (κ1) is 28.7. The number of benzene rings is 3. The van der Waals surface area contributed by atoms with Crippen molar-refractivity contribution in [1.82, 2.24) is 19.9 Å². The Hall–Kier alpha value is -4.43. The van der Waals surface area contributed by atoms with Crippen LogP contribution in [0.4, 0.5) is 11.5 Å². The molecular formula is C35H40N6O2. The number of pyridine rings is 1. The van der Waals surface area contributed by atoms with Gasteiger partial charge in [0.05, 0.1) is 24.8 Å². The van der Waals surface area contributed by atoms with Crippen LogP contribution in [0.1, 0.15) is 24.8 Å². The van der Waals surface area contributed by atoms with Crippen LogP contribution in [-0.4, -0.2) is 66.3 Å². The molecule has 8 nitrogen and oxygen atoms in total. The van der Waals surface area contributed by atoms with Crippen molar-refractivity contribution < 1.29 is 9.47 Å². The lowest BCUT2D eigenvalue weighted by molar-refractivity contribution is 0.145. The van der Waals surface area contributed by atoms with E-state index in [0.717, 1.165) is 110 Å². The molecule has 1 fully saturated rings. The summed E-state index contributed by atoms with van der Waals surface area (Å²) >= 11 is 0. The maximum absolute atomic E-state index is 6.25. The summed E-state index contributed by atoms with van der Waals surface area (Å²) in [4.78, 5) is 16.0. The number of piperidine rings is 1. The van der Waals surface area contributed by atoms with Crippen molar-refractivity contribution in [2.45, 2.75) is 25.7 Å². The van der Waals surface area contributed by atoms with Crippen molar-refractivity contribution >= 4 is 33.3 Å². The molecule has 1 saturated heterocycles. The Labute approximate surface area is 253 Å². The van der Waals surface area contributed by atoms with Gasteiger partial charge in [-0.05, 0) is 80.6 Å². The molecule has 3 heterocycles. The number of likely N-dealkylation sites (tertiary alicyclic amines) is 1. The largest absolute Gasteiger partial charge is 0.497 e. The molecule has 0 aliphatic carbocycles. The number of aromatic nitrogens is 3. The van der Waals surface area contributed by atoms with Gasteiger partial charge in [-0.3, -0.25) is 4.98 Å². The predicted octanol–water partition coefficient (Wildman–Crippen LogP) is 6.43. The van der Waals surface area contributed by atoms with E-state index < -0.39 is 0 Å². The van der Waals surface area contributed by atoms with Gasteiger partial charge < -0.3 is 25.0 Å². The fourth-order valence-corrected chi connectivity index (χ4v) is 5.76. The van der Waals surface area contributed by atoms with Crippen molar-refractivity contribution in [3.05, 3.63) is 90.9 Å². The molecule has 43 heavy (non-hydrogen) atoms. The van der Waals surface area contributed by atoms with Gasteiger partial charge in [0.1, 0.15) is 23.6 Å². The minimum absolute atomic E-state index is 0.561. The Morgan fingerprint density at radius 3 is 2.47 bits per heavy atom. The quantitative estimate of drug-likeness (QED) is 0.155. The third-order valence-electron chi connectivity index (χ3n) is 8.27. The number of anilines is 2. The highest BCUT2D eigenvalue weighted by molar-refractivity contribution is 5.92. The maximum atomic E-state index is 6.25. The summed E-state index contributed by atoms with van der Waals surface area (Å²) in [6.45, 7) is 5.70. The highest BCUT2D eigenvalue weighted by Gasteiger charge is 2.20. The maximum Gasteiger partial charge on any atom is 0.137 e. The molecule has 1 aliphatic rings. The van der Waals surface area contributed by atoms with Crippen molar-refractivity contribution in [2.24, 2.45) is 5.92 Å². The van der Waals surface area contributed by atoms with Gasteiger partial charge >= 0.3 is 0 Å². The topological polar surface area (TPSA) is 84.4 Å². The SMILES string of the molecule is COc1ccc2c(NCCN3CCC(COc4ccc5c(NCCCc6ccccc6)ncnc5c4)CC3)ccnc2c1. The van der Waals surface area contributed by atoms with Crippen LogP contribution in [0.15, 0.2) is 85.3 Å². The van der Waals surface area contributed by atoms with Crippen molar-refractivity contribution in [2.75, 3.05) is 57.1 Å². The van der Waals surface area contributed by atoms with Gasteiger partial charge in [0.25, 0.3) is 0 Å². The smallest absolute Gasteiger partial charge is 0.137 e. The Balaban J connectivity index is 0.930. The molecule has 1 aliphatic heterocycles. The van der Waals surface area contributed by atoms with E-state index in [9.17, 15) is 0 Å². The Bertz CT molecular complexity index is 1620. The zero-order valence-corrected chi connectivity index (χ0v) is 24.8. The molecule has 0 atom stereocenters. The molecule has 6 rings (SSSR count). The predicted molar refractivity (Wildman–Crippen MR) is 174 cm³/mol. The molecule has 0 spiro atoms. The molecule has 0 saturated carbocycles. The van der Waals surface area contributed by atoms with E-state index in [4.69, 9.17) is 9.47 Å². The molecule has 2 aromatic heterocycles. The zero-order valence-electron chi connectivity index (χ0n) is 24.8. The average molecular weight is 577 g/mol. The van der Waals surface area contributed by atoms with E-state index in [0.29, 0.717) is 5.92 Å². The van der Waals surface area contributed by atoms with Gasteiger partial charge in [0.2, 0.25) is 0 Å². The number of methoxy groups -OCH3 is 1. The summed E-state index contributed by atoms with van der Waals surface area (Å²) < 4.78 is 11.6. The lowest BCUT2D eigenvalue weighted by atomic mass is 9.98. The number of rotatable bonds is 13. The Morgan fingerprint density at radius 1 is 0.814 bits per heavy atom. The summed E-state index contributed by atoms with van der Waals surface area (Å²) in [5, 5.41) is 9.24. The first-order chi connectivity index (χ1) is 21.2. The molecule has 0 amide bonds. The first-order valence-corrected chi connectivity index (χ1v) is 15.3. The lowest BCUT2D eigenvalue weighted by Gasteiger charge is -2.32. The Morgan fingerprint density at radius 2 is 1.60 bits per heavy atom.